The van der Waals surface area contributed by atoms with Crippen LogP contribution in [0.1, 0.15) is 22.3 Å². The van der Waals surface area contributed by atoms with Gasteiger partial charge in [0.25, 0.3) is 0 Å². The molecule has 0 saturated carbocycles. The average Bonchev–Trinajstić information content (AvgIpc) is 2.54. The van der Waals surface area contributed by atoms with Gasteiger partial charge in [-0.1, -0.05) is 51.4 Å². The molecular formula is C15H12BrNO. The number of hydrogen-bond acceptors (Lipinski definition) is 2. The Bertz CT molecular complexity index is 634. The quantitative estimate of drug-likeness (QED) is 0.583. The Morgan fingerprint density at radius 2 is 1.67 bits per heavy atom. The minimum atomic E-state index is 0.666. The van der Waals surface area contributed by atoms with E-state index in [0.29, 0.717) is 5.71 Å². The summed E-state index contributed by atoms with van der Waals surface area (Å²) in [6.07, 6.45) is 1.95. The molecule has 0 saturated heterocycles. The highest BCUT2D eigenvalue weighted by atomic mass is 79.9. The average molecular weight is 302 g/mol. The third kappa shape index (κ3) is 1.85. The molecular weight excluding hydrogens is 290 g/mol. The Morgan fingerprint density at radius 3 is 2.44 bits per heavy atom. The minimum absolute atomic E-state index is 0.666. The van der Waals surface area contributed by atoms with Crippen LogP contribution in [0.25, 0.3) is 0 Å². The third-order valence-corrected chi connectivity index (χ3v) is 3.86. The molecule has 1 aliphatic rings. The number of oxime groups is 1. The number of fused-ring (bicyclic) bond motifs is 2. The smallest absolute Gasteiger partial charge is 0.117 e. The van der Waals surface area contributed by atoms with Crippen molar-refractivity contribution < 1.29 is 5.21 Å². The maximum absolute atomic E-state index is 9.37. The summed E-state index contributed by atoms with van der Waals surface area (Å²) in [5, 5.41) is 12.9. The highest BCUT2D eigenvalue weighted by Gasteiger charge is 2.19. The SMILES string of the molecule is O/N=C1\c2ccccc2CCc2ccc(Br)cc21. The second-order valence-electron chi connectivity index (χ2n) is 4.41. The second-order valence-corrected chi connectivity index (χ2v) is 5.32. The minimum Gasteiger partial charge on any atom is -0.410 e. The molecule has 0 heterocycles. The van der Waals surface area contributed by atoms with Gasteiger partial charge in [0.15, 0.2) is 0 Å². The molecule has 0 bridgehead atoms. The number of nitrogens with zero attached hydrogens (tertiary/aromatic N) is 1. The van der Waals surface area contributed by atoms with Crippen molar-refractivity contribution >= 4 is 21.6 Å². The summed E-state index contributed by atoms with van der Waals surface area (Å²) in [4.78, 5) is 0. The van der Waals surface area contributed by atoms with Gasteiger partial charge in [0.1, 0.15) is 5.71 Å². The number of rotatable bonds is 0. The van der Waals surface area contributed by atoms with Crippen LogP contribution in [-0.4, -0.2) is 10.9 Å². The zero-order chi connectivity index (χ0) is 12.5. The molecule has 90 valence electrons. The molecule has 0 aliphatic heterocycles. The summed E-state index contributed by atoms with van der Waals surface area (Å²) in [5.74, 6) is 0. The van der Waals surface area contributed by atoms with Gasteiger partial charge in [-0.2, -0.15) is 0 Å². The van der Waals surface area contributed by atoms with E-state index in [1.165, 1.54) is 11.1 Å². The molecule has 0 aromatic heterocycles. The molecule has 0 radical (unpaired) electrons. The van der Waals surface area contributed by atoms with E-state index in [1.54, 1.807) is 0 Å². The van der Waals surface area contributed by atoms with Gasteiger partial charge in [-0.25, -0.2) is 0 Å². The Kier molecular flexibility index (Phi) is 2.92. The highest BCUT2D eigenvalue weighted by Crippen LogP contribution is 2.27. The van der Waals surface area contributed by atoms with Crippen molar-refractivity contribution in [2.75, 3.05) is 0 Å². The summed E-state index contributed by atoms with van der Waals surface area (Å²) < 4.78 is 1.00. The van der Waals surface area contributed by atoms with Crippen molar-refractivity contribution in [2.45, 2.75) is 12.8 Å². The largest absolute Gasteiger partial charge is 0.410 e. The summed E-state index contributed by atoms with van der Waals surface area (Å²) >= 11 is 3.48. The topological polar surface area (TPSA) is 32.6 Å². The number of benzene rings is 2. The lowest BCUT2D eigenvalue weighted by Crippen LogP contribution is -2.06. The van der Waals surface area contributed by atoms with Gasteiger partial charge in [0.2, 0.25) is 0 Å². The highest BCUT2D eigenvalue weighted by molar-refractivity contribution is 9.10. The molecule has 2 nitrogen and oxygen atoms in total. The maximum Gasteiger partial charge on any atom is 0.117 e. The van der Waals surface area contributed by atoms with Crippen LogP contribution < -0.4 is 0 Å². The molecule has 0 amide bonds. The molecule has 3 heteroatoms. The van der Waals surface area contributed by atoms with Crippen LogP contribution in [0.2, 0.25) is 0 Å². The Morgan fingerprint density at radius 1 is 0.944 bits per heavy atom. The predicted octanol–water partition coefficient (Wildman–Crippen LogP) is 3.77. The fourth-order valence-corrected chi connectivity index (χ4v) is 2.84. The molecule has 1 aliphatic carbocycles. The fraction of sp³-hybridized carbons (Fsp3) is 0.133. The standard InChI is InChI=1S/C15H12BrNO/c16-12-8-7-11-6-5-10-3-1-2-4-13(10)15(17-18)14(11)9-12/h1-4,7-9,18H,5-6H2/b17-15+. The van der Waals surface area contributed by atoms with Crippen LogP contribution in [0.5, 0.6) is 0 Å². The van der Waals surface area contributed by atoms with Crippen LogP contribution in [0.3, 0.4) is 0 Å². The maximum atomic E-state index is 9.37. The lowest BCUT2D eigenvalue weighted by molar-refractivity contribution is 0.319. The van der Waals surface area contributed by atoms with Crippen LogP contribution >= 0.6 is 15.9 Å². The van der Waals surface area contributed by atoms with Gasteiger partial charge < -0.3 is 5.21 Å². The molecule has 3 rings (SSSR count). The molecule has 2 aromatic carbocycles. The second kappa shape index (κ2) is 4.58. The summed E-state index contributed by atoms with van der Waals surface area (Å²) in [7, 11) is 0. The lowest BCUT2D eigenvalue weighted by atomic mass is 9.98. The summed E-state index contributed by atoms with van der Waals surface area (Å²) in [6, 6.07) is 14.3. The van der Waals surface area contributed by atoms with Crippen molar-refractivity contribution in [2.24, 2.45) is 5.16 Å². The first-order valence-corrected chi connectivity index (χ1v) is 6.68. The molecule has 1 N–H and O–H groups in total. The van der Waals surface area contributed by atoms with E-state index in [2.05, 4.69) is 33.2 Å². The molecule has 0 unspecified atom stereocenters. The van der Waals surface area contributed by atoms with Gasteiger partial charge in [0.05, 0.1) is 0 Å². The molecule has 0 spiro atoms. The van der Waals surface area contributed by atoms with E-state index in [9.17, 15) is 5.21 Å². The van der Waals surface area contributed by atoms with Crippen molar-refractivity contribution in [3.05, 3.63) is 69.2 Å². The Balaban J connectivity index is 2.27. The normalized spacial score (nSPS) is 15.9. The van der Waals surface area contributed by atoms with Crippen LogP contribution in [0.4, 0.5) is 0 Å². The van der Waals surface area contributed by atoms with Crippen molar-refractivity contribution in [1.82, 2.24) is 0 Å². The fourth-order valence-electron chi connectivity index (χ4n) is 2.48. The van der Waals surface area contributed by atoms with Gasteiger partial charge >= 0.3 is 0 Å². The van der Waals surface area contributed by atoms with E-state index >= 15 is 0 Å². The zero-order valence-electron chi connectivity index (χ0n) is 9.73. The first-order valence-electron chi connectivity index (χ1n) is 5.89. The van der Waals surface area contributed by atoms with Crippen molar-refractivity contribution in [1.29, 1.82) is 0 Å². The van der Waals surface area contributed by atoms with E-state index in [1.807, 2.05) is 30.3 Å². The van der Waals surface area contributed by atoms with E-state index in [-0.39, 0.29) is 0 Å². The number of aryl methyl sites for hydroxylation is 2. The van der Waals surface area contributed by atoms with Crippen LogP contribution in [0.15, 0.2) is 52.1 Å². The molecule has 0 fully saturated rings. The number of hydrogen-bond donors (Lipinski definition) is 1. The third-order valence-electron chi connectivity index (χ3n) is 3.36. The number of halogens is 1. The molecule has 0 atom stereocenters. The monoisotopic (exact) mass is 301 g/mol. The zero-order valence-corrected chi connectivity index (χ0v) is 11.3. The Hall–Kier alpha value is -1.61. The van der Waals surface area contributed by atoms with Gasteiger partial charge in [-0.05, 0) is 36.1 Å². The van der Waals surface area contributed by atoms with E-state index < -0.39 is 0 Å². The van der Waals surface area contributed by atoms with Crippen LogP contribution in [-0.2, 0) is 12.8 Å². The summed E-state index contributed by atoms with van der Waals surface area (Å²) in [6.45, 7) is 0. The van der Waals surface area contributed by atoms with Crippen molar-refractivity contribution in [3.63, 3.8) is 0 Å². The summed E-state index contributed by atoms with van der Waals surface area (Å²) in [5.41, 5.74) is 5.16. The Labute approximate surface area is 114 Å². The molecule has 18 heavy (non-hydrogen) atoms. The lowest BCUT2D eigenvalue weighted by Gasteiger charge is -2.08. The van der Waals surface area contributed by atoms with Gasteiger partial charge in [-0.3, -0.25) is 0 Å². The van der Waals surface area contributed by atoms with E-state index in [0.717, 1.165) is 28.4 Å². The predicted molar refractivity (Wildman–Crippen MR) is 75.4 cm³/mol. The van der Waals surface area contributed by atoms with Gasteiger partial charge in [0, 0.05) is 15.6 Å². The van der Waals surface area contributed by atoms with E-state index in [4.69, 9.17) is 0 Å². The van der Waals surface area contributed by atoms with Crippen molar-refractivity contribution in [3.8, 4) is 0 Å². The first-order chi connectivity index (χ1) is 8.79. The van der Waals surface area contributed by atoms with Gasteiger partial charge in [-0.15, -0.1) is 0 Å². The first kappa shape index (κ1) is 11.5. The van der Waals surface area contributed by atoms with Crippen LogP contribution in [0, 0.1) is 0 Å². The molecule has 2 aromatic rings.